The summed E-state index contributed by atoms with van der Waals surface area (Å²) >= 11 is 0. The quantitative estimate of drug-likeness (QED) is 0.259. The molecule has 6 nitrogen and oxygen atoms in total. The molecule has 0 unspecified atom stereocenters. The molecule has 0 saturated carbocycles. The molecular weight excluding hydrogens is 380 g/mol. The maximum atomic E-state index is 11.9. The van der Waals surface area contributed by atoms with Gasteiger partial charge in [0.25, 0.3) is 0 Å². The zero-order valence-electron chi connectivity index (χ0n) is 15.8. The Labute approximate surface area is 170 Å². The first kappa shape index (κ1) is 23.8. The molecule has 0 aliphatic rings. The minimum atomic E-state index is -0.612. The smallest absolute Gasteiger partial charge is 0.223 e. The van der Waals surface area contributed by atoms with Crippen LogP contribution in [0.1, 0.15) is 38.5 Å². The van der Waals surface area contributed by atoms with Gasteiger partial charge in [0, 0.05) is 23.6 Å². The number of benzene rings is 1. The molecule has 0 aromatic heterocycles. The van der Waals surface area contributed by atoms with Crippen molar-refractivity contribution in [2.75, 3.05) is 25.4 Å². The van der Waals surface area contributed by atoms with E-state index in [0.29, 0.717) is 45.3 Å². The van der Waals surface area contributed by atoms with E-state index in [1.165, 1.54) is 4.90 Å². The Morgan fingerprint density at radius 1 is 1.00 bits per heavy atom. The second-order valence-corrected chi connectivity index (χ2v) is 8.99. The Balaban J connectivity index is 2.16. The molecule has 0 aliphatic carbocycles. The number of hydrogen-bond donors (Lipinski definition) is 4. The summed E-state index contributed by atoms with van der Waals surface area (Å²) in [6.07, 6.45) is 3.89. The van der Waals surface area contributed by atoms with Crippen LogP contribution in [0.5, 0.6) is 0 Å². The van der Waals surface area contributed by atoms with Crippen molar-refractivity contribution in [3.05, 3.63) is 30.3 Å². The Hall–Kier alpha value is -1.22. The fraction of sp³-hybridized carbons (Fsp3) is 0.579. The summed E-state index contributed by atoms with van der Waals surface area (Å²) in [6, 6.07) is 10.1. The van der Waals surface area contributed by atoms with Crippen LogP contribution in [0.15, 0.2) is 35.2 Å². The van der Waals surface area contributed by atoms with Crippen LogP contribution in [0.25, 0.3) is 0 Å². The van der Waals surface area contributed by atoms with Crippen molar-refractivity contribution in [3.63, 3.8) is 0 Å². The molecule has 1 aromatic carbocycles. The SMILES string of the molecule is NCCC(CCN)(CCCCNC(=O)CCSSc1ccccc1)C(N)=O. The Morgan fingerprint density at radius 3 is 2.26 bits per heavy atom. The highest BCUT2D eigenvalue weighted by Gasteiger charge is 2.34. The van der Waals surface area contributed by atoms with Crippen LogP contribution < -0.4 is 22.5 Å². The molecule has 1 aromatic rings. The highest BCUT2D eigenvalue weighted by atomic mass is 33.1. The summed E-state index contributed by atoms with van der Waals surface area (Å²) in [5.41, 5.74) is 16.3. The summed E-state index contributed by atoms with van der Waals surface area (Å²) in [5.74, 6) is 0.500. The van der Waals surface area contributed by atoms with Crippen LogP contribution in [-0.4, -0.2) is 37.2 Å². The van der Waals surface area contributed by atoms with Crippen LogP contribution in [0.2, 0.25) is 0 Å². The third-order valence-corrected chi connectivity index (χ3v) is 6.87. The molecule has 0 fully saturated rings. The number of nitrogens with one attached hydrogen (secondary N) is 1. The van der Waals surface area contributed by atoms with Crippen molar-refractivity contribution in [1.29, 1.82) is 0 Å². The zero-order valence-corrected chi connectivity index (χ0v) is 17.5. The predicted octanol–water partition coefficient (Wildman–Crippen LogP) is 2.27. The lowest BCUT2D eigenvalue weighted by Crippen LogP contribution is -2.40. The highest BCUT2D eigenvalue weighted by Crippen LogP contribution is 2.32. The molecule has 0 atom stereocenters. The van der Waals surface area contributed by atoms with Crippen molar-refractivity contribution >= 4 is 33.4 Å². The number of primary amides is 1. The summed E-state index contributed by atoms with van der Waals surface area (Å²) in [4.78, 5) is 24.9. The van der Waals surface area contributed by atoms with Crippen LogP contribution in [0, 0.1) is 5.41 Å². The minimum Gasteiger partial charge on any atom is -0.369 e. The van der Waals surface area contributed by atoms with Gasteiger partial charge in [0.05, 0.1) is 5.41 Å². The van der Waals surface area contributed by atoms with Gasteiger partial charge < -0.3 is 22.5 Å². The minimum absolute atomic E-state index is 0.0567. The van der Waals surface area contributed by atoms with Gasteiger partial charge in [0.1, 0.15) is 0 Å². The number of rotatable bonds is 15. The van der Waals surface area contributed by atoms with E-state index in [4.69, 9.17) is 17.2 Å². The first-order valence-electron chi connectivity index (χ1n) is 9.35. The summed E-state index contributed by atoms with van der Waals surface area (Å²) in [5, 5.41) is 2.93. The molecule has 7 N–H and O–H groups in total. The fourth-order valence-electron chi connectivity index (χ4n) is 2.92. The van der Waals surface area contributed by atoms with E-state index in [0.717, 1.165) is 18.6 Å². The van der Waals surface area contributed by atoms with Crippen LogP contribution in [-0.2, 0) is 9.59 Å². The molecule has 0 aliphatic heterocycles. The van der Waals surface area contributed by atoms with Gasteiger partial charge in [-0.2, -0.15) is 0 Å². The number of carbonyl (C=O) groups is 2. The lowest BCUT2D eigenvalue weighted by molar-refractivity contribution is -0.129. The average molecular weight is 413 g/mol. The molecule has 152 valence electrons. The second kappa shape index (κ2) is 13.9. The third kappa shape index (κ3) is 9.51. The van der Waals surface area contributed by atoms with E-state index in [1.54, 1.807) is 21.6 Å². The van der Waals surface area contributed by atoms with Crippen LogP contribution in [0.3, 0.4) is 0 Å². The van der Waals surface area contributed by atoms with Crippen molar-refractivity contribution in [2.45, 2.75) is 43.4 Å². The molecule has 2 amide bonds. The van der Waals surface area contributed by atoms with E-state index >= 15 is 0 Å². The number of carbonyl (C=O) groups excluding carboxylic acids is 2. The molecule has 27 heavy (non-hydrogen) atoms. The standard InChI is InChI=1S/C19H32N4O2S2/c20-12-10-19(11-13-21,18(22)25)9-4-5-14-23-17(24)8-15-26-27-16-6-2-1-3-7-16/h1-3,6-7H,4-5,8-15,20-21H2,(H2,22,25)(H,23,24). The lowest BCUT2D eigenvalue weighted by atomic mass is 9.76. The zero-order chi connectivity index (χ0) is 20.0. The van der Waals surface area contributed by atoms with E-state index < -0.39 is 5.41 Å². The van der Waals surface area contributed by atoms with Crippen molar-refractivity contribution < 1.29 is 9.59 Å². The third-order valence-electron chi connectivity index (χ3n) is 4.48. The Bertz CT molecular complexity index is 552. The molecule has 0 radical (unpaired) electrons. The second-order valence-electron chi connectivity index (χ2n) is 6.50. The van der Waals surface area contributed by atoms with Gasteiger partial charge in [0.15, 0.2) is 0 Å². The van der Waals surface area contributed by atoms with Crippen molar-refractivity contribution in [3.8, 4) is 0 Å². The van der Waals surface area contributed by atoms with Gasteiger partial charge in [0.2, 0.25) is 11.8 Å². The molecule has 0 saturated heterocycles. The molecule has 0 spiro atoms. The van der Waals surface area contributed by atoms with E-state index in [9.17, 15) is 9.59 Å². The topological polar surface area (TPSA) is 124 Å². The van der Waals surface area contributed by atoms with Crippen molar-refractivity contribution in [2.24, 2.45) is 22.6 Å². The van der Waals surface area contributed by atoms with Gasteiger partial charge in [-0.1, -0.05) is 46.2 Å². The van der Waals surface area contributed by atoms with E-state index in [2.05, 4.69) is 17.4 Å². The summed E-state index contributed by atoms with van der Waals surface area (Å²) in [7, 11) is 3.36. The Morgan fingerprint density at radius 2 is 1.67 bits per heavy atom. The van der Waals surface area contributed by atoms with Gasteiger partial charge >= 0.3 is 0 Å². The van der Waals surface area contributed by atoms with Gasteiger partial charge in [-0.15, -0.1) is 0 Å². The largest absolute Gasteiger partial charge is 0.369 e. The summed E-state index contributed by atoms with van der Waals surface area (Å²) in [6.45, 7) is 1.44. The van der Waals surface area contributed by atoms with Crippen LogP contribution >= 0.6 is 21.6 Å². The molecule has 0 heterocycles. The number of unbranched alkanes of at least 4 members (excludes halogenated alkanes) is 1. The molecular formula is C19H32N4O2S2. The molecule has 0 bridgehead atoms. The maximum Gasteiger partial charge on any atom is 0.223 e. The van der Waals surface area contributed by atoms with Gasteiger partial charge in [-0.25, -0.2) is 0 Å². The van der Waals surface area contributed by atoms with Gasteiger partial charge in [-0.05, 0) is 50.9 Å². The summed E-state index contributed by atoms with van der Waals surface area (Å²) < 4.78 is 0. The average Bonchev–Trinajstić information content (AvgIpc) is 2.66. The van der Waals surface area contributed by atoms with Crippen molar-refractivity contribution in [1.82, 2.24) is 5.32 Å². The fourth-order valence-corrected chi connectivity index (χ4v) is 4.92. The first-order chi connectivity index (χ1) is 13.0. The number of amides is 2. The predicted molar refractivity (Wildman–Crippen MR) is 115 cm³/mol. The maximum absolute atomic E-state index is 11.9. The molecule has 1 rings (SSSR count). The van der Waals surface area contributed by atoms with Gasteiger partial charge in [-0.3, -0.25) is 9.59 Å². The van der Waals surface area contributed by atoms with E-state index in [1.807, 2.05) is 18.2 Å². The number of hydrogen-bond acceptors (Lipinski definition) is 6. The highest BCUT2D eigenvalue weighted by molar-refractivity contribution is 8.76. The monoisotopic (exact) mass is 412 g/mol. The Kier molecular flexibility index (Phi) is 12.2. The first-order valence-corrected chi connectivity index (χ1v) is 11.7. The lowest BCUT2D eigenvalue weighted by Gasteiger charge is -2.30. The normalized spacial score (nSPS) is 11.3. The van der Waals surface area contributed by atoms with Crippen LogP contribution in [0.4, 0.5) is 0 Å². The molecule has 8 heteroatoms. The number of nitrogens with two attached hydrogens (primary N) is 3. The van der Waals surface area contributed by atoms with E-state index in [-0.39, 0.29) is 11.8 Å².